The van der Waals surface area contributed by atoms with Crippen LogP contribution in [0.2, 0.25) is 0 Å². The molecule has 0 aromatic heterocycles. The van der Waals surface area contributed by atoms with Gasteiger partial charge in [-0.3, -0.25) is 4.79 Å². The van der Waals surface area contributed by atoms with Crippen molar-refractivity contribution in [2.75, 3.05) is 27.7 Å². The second kappa shape index (κ2) is 9.41. The normalized spacial score (nSPS) is 42.8. The maximum atomic E-state index is 12.5. The van der Waals surface area contributed by atoms with Crippen LogP contribution in [0.3, 0.4) is 0 Å². The van der Waals surface area contributed by atoms with Gasteiger partial charge in [0.05, 0.1) is 21.1 Å². The Hall–Kier alpha value is -1.10. The number of rotatable bonds is 7. The summed E-state index contributed by atoms with van der Waals surface area (Å²) < 4.78 is 6.58. The summed E-state index contributed by atoms with van der Waals surface area (Å²) in [4.78, 5) is 23.6. The third-order valence-corrected chi connectivity index (χ3v) is 11.1. The van der Waals surface area contributed by atoms with E-state index in [1.807, 2.05) is 21.1 Å². The van der Waals surface area contributed by atoms with Crippen LogP contribution in [-0.2, 0) is 14.3 Å². The van der Waals surface area contributed by atoms with Crippen LogP contribution in [0.5, 0.6) is 0 Å². The molecule has 0 unspecified atom stereocenters. The van der Waals surface area contributed by atoms with Gasteiger partial charge in [0.15, 0.2) is 6.54 Å². The Labute approximate surface area is 207 Å². The lowest BCUT2D eigenvalue weighted by atomic mass is 9.44. The number of likely N-dealkylation sites (N-methyl/N-ethyl adjacent to an activating group) is 1. The van der Waals surface area contributed by atoms with E-state index in [4.69, 9.17) is 4.74 Å². The number of hydrogen-bond acceptors (Lipinski definition) is 3. The number of hydrogen-bond donors (Lipinski definition) is 1. The van der Waals surface area contributed by atoms with Crippen LogP contribution in [0.25, 0.3) is 0 Å². The van der Waals surface area contributed by atoms with Crippen molar-refractivity contribution in [1.29, 1.82) is 0 Å². The molecule has 0 radical (unpaired) electrons. The summed E-state index contributed by atoms with van der Waals surface area (Å²) in [5.41, 5.74) is 0.778. The van der Waals surface area contributed by atoms with Crippen molar-refractivity contribution in [3.05, 3.63) is 0 Å². The minimum atomic E-state index is -0.653. The minimum Gasteiger partial charge on any atom is -0.481 e. The highest BCUT2D eigenvalue weighted by Crippen LogP contribution is 2.68. The summed E-state index contributed by atoms with van der Waals surface area (Å²) in [5.74, 6) is 3.61. The molecule has 0 amide bonds. The zero-order valence-corrected chi connectivity index (χ0v) is 22.6. The molecule has 4 saturated carbocycles. The number of quaternary nitrogens is 1. The Morgan fingerprint density at radius 2 is 1.65 bits per heavy atom. The highest BCUT2D eigenvalue weighted by Gasteiger charge is 2.60. The van der Waals surface area contributed by atoms with Crippen molar-refractivity contribution in [2.24, 2.45) is 46.3 Å². The summed E-state index contributed by atoms with van der Waals surface area (Å²) >= 11 is 0. The number of carboxylic acid groups (broad SMARTS) is 1. The van der Waals surface area contributed by atoms with E-state index in [0.29, 0.717) is 46.0 Å². The predicted octanol–water partition coefficient (Wildman–Crippen LogP) is 5.76. The predicted molar refractivity (Wildman–Crippen MR) is 134 cm³/mol. The number of ether oxygens (including phenoxy) is 1. The first-order valence-electron chi connectivity index (χ1n) is 14.1. The molecule has 5 nitrogen and oxygen atoms in total. The molecular weight excluding hydrogens is 426 g/mol. The van der Waals surface area contributed by atoms with E-state index in [-0.39, 0.29) is 12.1 Å². The number of esters is 1. The van der Waals surface area contributed by atoms with Gasteiger partial charge < -0.3 is 14.3 Å². The standard InChI is InChI=1S/C29H49NO4/c1-19(7-12-26(31)32)23-10-11-24-22-9-8-20-17-21(34-27(33)18-30(4,5)6)13-15-28(20,2)25(22)14-16-29(23,24)3/h19-25H,7-18H2,1-6H3/p+1/t19-,20-,21+,22+,23-,24+,25+,28+,29-/m1/s1. The van der Waals surface area contributed by atoms with Gasteiger partial charge in [-0.25, -0.2) is 4.79 Å². The molecule has 0 saturated heterocycles. The first kappa shape index (κ1) is 26.0. The molecule has 5 heteroatoms. The molecule has 4 rings (SSSR count). The Balaban J connectivity index is 1.41. The molecule has 9 atom stereocenters. The average Bonchev–Trinajstić information content (AvgIpc) is 3.08. The van der Waals surface area contributed by atoms with Crippen LogP contribution < -0.4 is 0 Å². The molecule has 4 fully saturated rings. The van der Waals surface area contributed by atoms with Crippen LogP contribution in [-0.4, -0.2) is 55.3 Å². The number of carbonyl (C=O) groups is 2. The van der Waals surface area contributed by atoms with Gasteiger partial charge >= 0.3 is 11.9 Å². The zero-order valence-electron chi connectivity index (χ0n) is 22.6. The summed E-state index contributed by atoms with van der Waals surface area (Å²) in [6.07, 6.45) is 12.4. The number of fused-ring (bicyclic) bond motifs is 5. The summed E-state index contributed by atoms with van der Waals surface area (Å²) in [7, 11) is 6.12. The Kier molecular flexibility index (Phi) is 7.19. The lowest BCUT2D eigenvalue weighted by molar-refractivity contribution is -0.862. The van der Waals surface area contributed by atoms with Crippen molar-refractivity contribution in [3.8, 4) is 0 Å². The van der Waals surface area contributed by atoms with Gasteiger partial charge in [0.2, 0.25) is 0 Å². The Bertz CT molecular complexity index is 775. The molecule has 34 heavy (non-hydrogen) atoms. The molecule has 194 valence electrons. The molecule has 4 aliphatic rings. The number of aliphatic carboxylic acids is 1. The smallest absolute Gasteiger partial charge is 0.362 e. The van der Waals surface area contributed by atoms with E-state index >= 15 is 0 Å². The number of carbonyl (C=O) groups excluding carboxylic acids is 1. The highest BCUT2D eigenvalue weighted by atomic mass is 16.5. The maximum Gasteiger partial charge on any atom is 0.362 e. The maximum absolute atomic E-state index is 12.5. The van der Waals surface area contributed by atoms with Crippen LogP contribution in [0, 0.1) is 46.3 Å². The van der Waals surface area contributed by atoms with Crippen molar-refractivity contribution >= 4 is 11.9 Å². The molecule has 0 bridgehead atoms. The number of carboxylic acids is 1. The number of nitrogens with zero attached hydrogens (tertiary/aromatic N) is 1. The highest BCUT2D eigenvalue weighted by molar-refractivity contribution is 5.70. The van der Waals surface area contributed by atoms with Crippen LogP contribution in [0.15, 0.2) is 0 Å². The van der Waals surface area contributed by atoms with Gasteiger partial charge in [-0.15, -0.1) is 0 Å². The Morgan fingerprint density at radius 3 is 2.32 bits per heavy atom. The fraction of sp³-hybridized carbons (Fsp3) is 0.931. The molecule has 1 N–H and O–H groups in total. The first-order chi connectivity index (χ1) is 15.8. The second-order valence-corrected chi connectivity index (χ2v) is 14.1. The zero-order chi connectivity index (χ0) is 24.9. The third-order valence-electron chi connectivity index (χ3n) is 11.1. The molecule has 0 aromatic carbocycles. The monoisotopic (exact) mass is 476 g/mol. The van der Waals surface area contributed by atoms with Crippen molar-refractivity contribution in [2.45, 2.75) is 97.5 Å². The fourth-order valence-electron chi connectivity index (χ4n) is 9.46. The molecule has 0 aromatic rings. The third kappa shape index (κ3) is 4.92. The van der Waals surface area contributed by atoms with Crippen molar-refractivity contribution in [1.82, 2.24) is 0 Å². The van der Waals surface area contributed by atoms with Gasteiger partial charge in [0, 0.05) is 6.42 Å². The summed E-state index contributed by atoms with van der Waals surface area (Å²) in [6.45, 7) is 7.88. The first-order valence-corrected chi connectivity index (χ1v) is 14.1. The quantitative estimate of drug-likeness (QED) is 0.375. The SMILES string of the molecule is C[C@H](CCC(=O)O)[C@H]1CC[C@H]2[C@@H]3CC[C@@H]4C[C@@H](OC(=O)C[N+](C)(C)C)CC[C@]4(C)[C@H]3CC[C@]12C. The largest absolute Gasteiger partial charge is 0.481 e. The molecule has 4 aliphatic carbocycles. The summed E-state index contributed by atoms with van der Waals surface area (Å²) in [6, 6.07) is 0. The van der Waals surface area contributed by atoms with Crippen LogP contribution >= 0.6 is 0 Å². The van der Waals surface area contributed by atoms with Gasteiger partial charge in [0.1, 0.15) is 6.10 Å². The van der Waals surface area contributed by atoms with Gasteiger partial charge in [-0.2, -0.15) is 0 Å². The molecular formula is C29H50NO4+. The van der Waals surface area contributed by atoms with Gasteiger partial charge in [0.25, 0.3) is 0 Å². The van der Waals surface area contributed by atoms with Gasteiger partial charge in [-0.05, 0) is 111 Å². The topological polar surface area (TPSA) is 63.6 Å². The van der Waals surface area contributed by atoms with Crippen LogP contribution in [0.4, 0.5) is 0 Å². The van der Waals surface area contributed by atoms with E-state index < -0.39 is 5.97 Å². The average molecular weight is 477 g/mol. The van der Waals surface area contributed by atoms with E-state index in [9.17, 15) is 14.7 Å². The molecule has 0 aliphatic heterocycles. The fourth-order valence-corrected chi connectivity index (χ4v) is 9.46. The second-order valence-electron chi connectivity index (χ2n) is 14.1. The molecule has 0 heterocycles. The van der Waals surface area contributed by atoms with E-state index in [1.165, 1.54) is 44.9 Å². The lowest BCUT2D eigenvalue weighted by Crippen LogP contribution is -2.54. The van der Waals surface area contributed by atoms with Crippen LogP contribution in [0.1, 0.15) is 91.4 Å². The van der Waals surface area contributed by atoms with E-state index in [2.05, 4.69) is 20.8 Å². The van der Waals surface area contributed by atoms with Crippen molar-refractivity contribution in [3.63, 3.8) is 0 Å². The van der Waals surface area contributed by atoms with E-state index in [0.717, 1.165) is 37.0 Å². The minimum absolute atomic E-state index is 0.0442. The van der Waals surface area contributed by atoms with E-state index in [1.54, 1.807) is 0 Å². The van der Waals surface area contributed by atoms with Gasteiger partial charge in [-0.1, -0.05) is 20.8 Å². The van der Waals surface area contributed by atoms with Crippen molar-refractivity contribution < 1.29 is 23.9 Å². The Morgan fingerprint density at radius 1 is 0.971 bits per heavy atom. The summed E-state index contributed by atoms with van der Waals surface area (Å²) in [5, 5.41) is 9.18. The lowest BCUT2D eigenvalue weighted by Gasteiger charge is -2.61. The molecule has 0 spiro atoms.